The zero-order valence-electron chi connectivity index (χ0n) is 18.5. The van der Waals surface area contributed by atoms with Gasteiger partial charge in [-0.3, -0.25) is 19.5 Å². The van der Waals surface area contributed by atoms with Gasteiger partial charge in [-0.1, -0.05) is 36.4 Å². The van der Waals surface area contributed by atoms with Crippen molar-refractivity contribution in [2.75, 3.05) is 20.3 Å². The molecule has 0 aliphatic carbocycles. The number of hydrogen-bond donors (Lipinski definition) is 1. The van der Waals surface area contributed by atoms with Gasteiger partial charge in [0.2, 0.25) is 0 Å². The minimum atomic E-state index is -0.529. The Morgan fingerprint density at radius 2 is 1.97 bits per heavy atom. The van der Waals surface area contributed by atoms with Crippen LogP contribution in [0.4, 0.5) is 0 Å². The third-order valence-corrected chi connectivity index (χ3v) is 7.12. The predicted octanol–water partition coefficient (Wildman–Crippen LogP) is 2.29. The Hall–Kier alpha value is -3.29. The van der Waals surface area contributed by atoms with Gasteiger partial charge in [-0.2, -0.15) is 0 Å². The first kappa shape index (κ1) is 21.6. The van der Waals surface area contributed by atoms with E-state index >= 15 is 0 Å². The van der Waals surface area contributed by atoms with Gasteiger partial charge >= 0.3 is 5.97 Å². The highest BCUT2D eigenvalue weighted by Crippen LogP contribution is 2.48. The molecule has 7 nitrogen and oxygen atoms in total. The second-order valence-electron chi connectivity index (χ2n) is 8.71. The Labute approximate surface area is 192 Å². The highest BCUT2D eigenvalue weighted by Gasteiger charge is 2.56. The average molecular weight is 446 g/mol. The fourth-order valence-corrected chi connectivity index (χ4v) is 5.58. The SMILES string of the molecule is COC(=O)[C@@H]1[C@@H](CO)[C@@H]2Cn3c(ccc(-c4cccnc4)c3=O)[C@H]1N2CCc1ccccc1. The maximum absolute atomic E-state index is 13.5. The topological polar surface area (TPSA) is 84.7 Å². The summed E-state index contributed by atoms with van der Waals surface area (Å²) in [4.78, 5) is 32.8. The van der Waals surface area contributed by atoms with Gasteiger partial charge in [-0.05, 0) is 30.2 Å². The smallest absolute Gasteiger partial charge is 0.311 e. The molecule has 2 aliphatic rings. The van der Waals surface area contributed by atoms with Gasteiger partial charge < -0.3 is 14.4 Å². The molecular weight excluding hydrogens is 418 g/mol. The van der Waals surface area contributed by atoms with Crippen LogP contribution in [0, 0.1) is 11.8 Å². The summed E-state index contributed by atoms with van der Waals surface area (Å²) in [6, 6.07) is 17.2. The van der Waals surface area contributed by atoms with Gasteiger partial charge in [0.15, 0.2) is 0 Å². The number of carbonyl (C=O) groups excluding carboxylic acids is 1. The van der Waals surface area contributed by atoms with Crippen LogP contribution in [-0.2, 0) is 22.5 Å². The van der Waals surface area contributed by atoms with Crippen molar-refractivity contribution in [2.24, 2.45) is 11.8 Å². The molecule has 2 aromatic heterocycles. The Morgan fingerprint density at radius 3 is 2.67 bits per heavy atom. The molecule has 0 radical (unpaired) electrons. The fraction of sp³-hybridized carbons (Fsp3) is 0.346. The molecule has 1 fully saturated rings. The lowest BCUT2D eigenvalue weighted by Crippen LogP contribution is -2.47. The summed E-state index contributed by atoms with van der Waals surface area (Å²) in [5, 5.41) is 10.3. The van der Waals surface area contributed by atoms with Gasteiger partial charge in [0.05, 0.1) is 19.1 Å². The molecule has 0 unspecified atom stereocenters. The minimum Gasteiger partial charge on any atom is -0.469 e. The fourth-order valence-electron chi connectivity index (χ4n) is 5.58. The summed E-state index contributed by atoms with van der Waals surface area (Å²) in [5.41, 5.74) is 3.25. The molecule has 0 spiro atoms. The second-order valence-corrected chi connectivity index (χ2v) is 8.71. The first-order valence-corrected chi connectivity index (χ1v) is 11.3. The summed E-state index contributed by atoms with van der Waals surface area (Å²) >= 11 is 0. The number of aliphatic hydroxyl groups is 1. The van der Waals surface area contributed by atoms with E-state index < -0.39 is 5.92 Å². The number of pyridine rings is 2. The molecule has 1 aromatic carbocycles. The number of aromatic nitrogens is 2. The van der Waals surface area contributed by atoms with E-state index in [2.05, 4.69) is 22.0 Å². The monoisotopic (exact) mass is 445 g/mol. The molecule has 1 saturated heterocycles. The van der Waals surface area contributed by atoms with Crippen molar-refractivity contribution < 1.29 is 14.6 Å². The van der Waals surface area contributed by atoms with Crippen LogP contribution in [0.1, 0.15) is 17.3 Å². The molecule has 0 saturated carbocycles. The maximum atomic E-state index is 13.5. The third kappa shape index (κ3) is 3.67. The Kier molecular flexibility index (Phi) is 5.83. The number of benzene rings is 1. The van der Waals surface area contributed by atoms with E-state index in [1.54, 1.807) is 17.0 Å². The van der Waals surface area contributed by atoms with Gasteiger partial charge in [0.25, 0.3) is 5.56 Å². The maximum Gasteiger partial charge on any atom is 0.311 e. The van der Waals surface area contributed by atoms with Gasteiger partial charge in [0.1, 0.15) is 0 Å². The highest BCUT2D eigenvalue weighted by atomic mass is 16.5. The van der Waals surface area contributed by atoms with E-state index in [0.717, 1.165) is 24.2 Å². The van der Waals surface area contributed by atoms with E-state index in [0.29, 0.717) is 12.1 Å². The van der Waals surface area contributed by atoms with Crippen molar-refractivity contribution in [3.05, 3.63) is 88.6 Å². The number of rotatable bonds is 6. The van der Waals surface area contributed by atoms with E-state index in [9.17, 15) is 14.7 Å². The van der Waals surface area contributed by atoms with Crippen molar-refractivity contribution in [2.45, 2.75) is 25.0 Å². The van der Waals surface area contributed by atoms with Crippen molar-refractivity contribution in [1.82, 2.24) is 14.5 Å². The molecule has 3 aromatic rings. The molecule has 7 heteroatoms. The summed E-state index contributed by atoms with van der Waals surface area (Å²) in [5.74, 6) is -1.18. The van der Waals surface area contributed by atoms with Crippen molar-refractivity contribution in [1.29, 1.82) is 0 Å². The van der Waals surface area contributed by atoms with E-state index in [1.807, 2.05) is 42.5 Å². The number of ether oxygens (including phenoxy) is 1. The van der Waals surface area contributed by atoms with Crippen LogP contribution in [-0.4, -0.2) is 51.8 Å². The van der Waals surface area contributed by atoms with Crippen LogP contribution >= 0.6 is 0 Å². The molecule has 33 heavy (non-hydrogen) atoms. The molecule has 4 atom stereocenters. The number of carbonyl (C=O) groups is 1. The summed E-state index contributed by atoms with van der Waals surface area (Å²) in [7, 11) is 1.38. The third-order valence-electron chi connectivity index (χ3n) is 7.12. The summed E-state index contributed by atoms with van der Waals surface area (Å²) in [6.07, 6.45) is 4.18. The van der Waals surface area contributed by atoms with Crippen molar-refractivity contribution in [3.8, 4) is 11.1 Å². The molecule has 2 aliphatic heterocycles. The van der Waals surface area contributed by atoms with E-state index in [4.69, 9.17) is 4.74 Å². The molecular formula is C26H27N3O4. The standard InChI is InChI=1S/C26H27N3O4/c1-33-26(32)23-20(16-30)22-15-29-21(10-9-19(25(29)31)18-8-5-12-27-14-18)24(23)28(22)13-11-17-6-3-2-4-7-17/h2-10,12,14,20,22-24,30H,11,13,15-16H2,1H3/t20-,22-,23+,24+/m0/s1. The number of methoxy groups -OCH3 is 1. The quantitative estimate of drug-likeness (QED) is 0.586. The molecule has 0 amide bonds. The Bertz CT molecular complexity index is 1200. The first-order chi connectivity index (χ1) is 16.1. The highest BCUT2D eigenvalue weighted by molar-refractivity contribution is 5.75. The zero-order valence-corrected chi connectivity index (χ0v) is 18.5. The van der Waals surface area contributed by atoms with Crippen molar-refractivity contribution in [3.63, 3.8) is 0 Å². The minimum absolute atomic E-state index is 0.0968. The van der Waals surface area contributed by atoms with Gasteiger partial charge in [-0.25, -0.2) is 0 Å². The zero-order chi connectivity index (χ0) is 22.9. The number of esters is 1. The van der Waals surface area contributed by atoms with E-state index in [1.165, 1.54) is 12.7 Å². The Morgan fingerprint density at radius 1 is 1.15 bits per heavy atom. The van der Waals surface area contributed by atoms with Crippen LogP contribution in [0.5, 0.6) is 0 Å². The molecule has 2 bridgehead atoms. The summed E-state index contributed by atoms with van der Waals surface area (Å²) < 4.78 is 6.93. The number of nitrogens with zero attached hydrogens (tertiary/aromatic N) is 3. The molecule has 170 valence electrons. The van der Waals surface area contributed by atoms with E-state index in [-0.39, 0.29) is 36.1 Å². The molecule has 4 heterocycles. The second kappa shape index (κ2) is 8.92. The average Bonchev–Trinajstić information content (AvgIpc) is 3.08. The van der Waals surface area contributed by atoms with Crippen LogP contribution < -0.4 is 5.56 Å². The largest absolute Gasteiger partial charge is 0.469 e. The summed E-state index contributed by atoms with van der Waals surface area (Å²) in [6.45, 7) is 1.01. The lowest BCUT2D eigenvalue weighted by atomic mass is 9.87. The van der Waals surface area contributed by atoms with Crippen LogP contribution in [0.25, 0.3) is 11.1 Å². The number of fused-ring (bicyclic) bond motifs is 4. The van der Waals surface area contributed by atoms with Gasteiger partial charge in [-0.15, -0.1) is 0 Å². The number of aliphatic hydroxyl groups excluding tert-OH is 1. The van der Waals surface area contributed by atoms with Crippen molar-refractivity contribution >= 4 is 5.97 Å². The van der Waals surface area contributed by atoms with Crippen LogP contribution in [0.3, 0.4) is 0 Å². The normalized spacial score (nSPS) is 23.8. The number of hydrogen-bond acceptors (Lipinski definition) is 6. The van der Waals surface area contributed by atoms with Crippen LogP contribution in [0.15, 0.2) is 71.8 Å². The first-order valence-electron chi connectivity index (χ1n) is 11.3. The Balaban J connectivity index is 1.57. The molecule has 5 rings (SSSR count). The lowest BCUT2D eigenvalue weighted by Gasteiger charge is -2.38. The molecule has 1 N–H and O–H groups in total. The van der Waals surface area contributed by atoms with Gasteiger partial charge in [0, 0.05) is 60.9 Å². The van der Waals surface area contributed by atoms with Crippen LogP contribution in [0.2, 0.25) is 0 Å². The lowest BCUT2D eigenvalue weighted by molar-refractivity contribution is -0.148. The predicted molar refractivity (Wildman–Crippen MR) is 123 cm³/mol.